The number of aromatic nitrogens is 2. The van der Waals surface area contributed by atoms with E-state index in [2.05, 4.69) is 14.9 Å². The Morgan fingerprint density at radius 3 is 2.76 bits per heavy atom. The first-order valence-corrected chi connectivity index (χ1v) is 6.05. The van der Waals surface area contributed by atoms with Crippen molar-refractivity contribution in [3.8, 4) is 0 Å². The molecule has 88 valence electrons. The monoisotopic (exact) mass is 228 g/mol. The summed E-state index contributed by atoms with van der Waals surface area (Å²) < 4.78 is 0. The van der Waals surface area contributed by atoms with Crippen LogP contribution in [0.15, 0.2) is 30.5 Å². The van der Waals surface area contributed by atoms with Crippen molar-refractivity contribution in [2.45, 2.75) is 18.9 Å². The molecule has 1 saturated heterocycles. The van der Waals surface area contributed by atoms with Crippen LogP contribution in [0.2, 0.25) is 0 Å². The number of anilines is 1. The summed E-state index contributed by atoms with van der Waals surface area (Å²) >= 11 is 0. The minimum absolute atomic E-state index is 0.340. The van der Waals surface area contributed by atoms with Gasteiger partial charge in [0.25, 0.3) is 0 Å². The minimum atomic E-state index is 0.340. The van der Waals surface area contributed by atoms with Crippen LogP contribution in [-0.2, 0) is 0 Å². The van der Waals surface area contributed by atoms with E-state index in [1.807, 2.05) is 30.5 Å². The molecule has 0 saturated carbocycles. The fourth-order valence-electron chi connectivity index (χ4n) is 2.21. The molecular formula is C13H16N4. The van der Waals surface area contributed by atoms with E-state index in [1.54, 1.807) is 0 Å². The van der Waals surface area contributed by atoms with E-state index >= 15 is 0 Å². The van der Waals surface area contributed by atoms with Gasteiger partial charge in [0.2, 0.25) is 5.95 Å². The van der Waals surface area contributed by atoms with Crippen molar-refractivity contribution in [1.82, 2.24) is 9.97 Å². The number of nitrogens with zero attached hydrogens (tertiary/aromatic N) is 3. The molecule has 0 bridgehead atoms. The fraction of sp³-hybridized carbons (Fsp3) is 0.385. The predicted molar refractivity (Wildman–Crippen MR) is 69.0 cm³/mol. The van der Waals surface area contributed by atoms with E-state index in [4.69, 9.17) is 5.73 Å². The van der Waals surface area contributed by atoms with Crippen molar-refractivity contribution in [1.29, 1.82) is 0 Å². The largest absolute Gasteiger partial charge is 0.341 e. The van der Waals surface area contributed by atoms with Crippen molar-refractivity contribution in [3.63, 3.8) is 0 Å². The second kappa shape index (κ2) is 4.30. The number of piperidine rings is 1. The molecule has 1 aliphatic rings. The van der Waals surface area contributed by atoms with Crippen molar-refractivity contribution in [2.75, 3.05) is 18.0 Å². The molecule has 17 heavy (non-hydrogen) atoms. The average Bonchev–Trinajstić information content (AvgIpc) is 2.39. The topological polar surface area (TPSA) is 55.0 Å². The number of rotatable bonds is 1. The molecule has 1 fully saturated rings. The van der Waals surface area contributed by atoms with E-state index in [0.717, 1.165) is 42.8 Å². The molecule has 0 radical (unpaired) electrons. The summed E-state index contributed by atoms with van der Waals surface area (Å²) in [5, 5.41) is 1.09. The van der Waals surface area contributed by atoms with Crippen LogP contribution in [0, 0.1) is 0 Å². The quantitative estimate of drug-likeness (QED) is 0.804. The molecule has 0 amide bonds. The standard InChI is InChI=1S/C13H16N4/c14-11-5-7-17(8-6-11)13-15-9-10-3-1-2-4-12(10)16-13/h1-4,9,11H,5-8,14H2. The molecule has 1 aromatic heterocycles. The molecule has 0 atom stereocenters. The Morgan fingerprint density at radius 2 is 1.94 bits per heavy atom. The van der Waals surface area contributed by atoms with Crippen molar-refractivity contribution < 1.29 is 0 Å². The van der Waals surface area contributed by atoms with E-state index < -0.39 is 0 Å². The lowest BCUT2D eigenvalue weighted by molar-refractivity contribution is 0.496. The van der Waals surface area contributed by atoms with Gasteiger partial charge in [0, 0.05) is 30.7 Å². The van der Waals surface area contributed by atoms with Crippen LogP contribution in [-0.4, -0.2) is 29.1 Å². The maximum Gasteiger partial charge on any atom is 0.225 e. The van der Waals surface area contributed by atoms with Gasteiger partial charge in [0.05, 0.1) is 5.52 Å². The Kier molecular flexibility index (Phi) is 2.65. The highest BCUT2D eigenvalue weighted by Gasteiger charge is 2.18. The predicted octanol–water partition coefficient (Wildman–Crippen LogP) is 1.56. The van der Waals surface area contributed by atoms with Crippen molar-refractivity contribution in [3.05, 3.63) is 30.5 Å². The number of benzene rings is 1. The molecule has 2 heterocycles. The molecule has 2 aromatic rings. The smallest absolute Gasteiger partial charge is 0.225 e. The van der Waals surface area contributed by atoms with E-state index in [-0.39, 0.29) is 0 Å². The first kappa shape index (κ1) is 10.5. The maximum absolute atomic E-state index is 5.90. The molecule has 1 aliphatic heterocycles. The summed E-state index contributed by atoms with van der Waals surface area (Å²) in [4.78, 5) is 11.2. The van der Waals surface area contributed by atoms with Crippen LogP contribution < -0.4 is 10.6 Å². The van der Waals surface area contributed by atoms with Crippen LogP contribution in [0.5, 0.6) is 0 Å². The third-order valence-electron chi connectivity index (χ3n) is 3.30. The fourth-order valence-corrected chi connectivity index (χ4v) is 2.21. The van der Waals surface area contributed by atoms with Gasteiger partial charge in [0.15, 0.2) is 0 Å². The molecule has 0 spiro atoms. The van der Waals surface area contributed by atoms with Gasteiger partial charge in [-0.2, -0.15) is 0 Å². The minimum Gasteiger partial charge on any atom is -0.341 e. The lowest BCUT2D eigenvalue weighted by Gasteiger charge is -2.30. The number of nitrogens with two attached hydrogens (primary N) is 1. The van der Waals surface area contributed by atoms with Crippen molar-refractivity contribution in [2.24, 2.45) is 5.73 Å². The highest BCUT2D eigenvalue weighted by atomic mass is 15.3. The second-order valence-electron chi connectivity index (χ2n) is 4.55. The maximum atomic E-state index is 5.90. The lowest BCUT2D eigenvalue weighted by Crippen LogP contribution is -2.40. The molecule has 0 aliphatic carbocycles. The van der Waals surface area contributed by atoms with Crippen LogP contribution >= 0.6 is 0 Å². The Labute approximate surface area is 100 Å². The van der Waals surface area contributed by atoms with E-state index in [1.165, 1.54) is 0 Å². The Morgan fingerprint density at radius 1 is 1.18 bits per heavy atom. The third kappa shape index (κ3) is 2.08. The van der Waals surface area contributed by atoms with E-state index in [9.17, 15) is 0 Å². The second-order valence-corrected chi connectivity index (χ2v) is 4.55. The first-order chi connectivity index (χ1) is 8.33. The van der Waals surface area contributed by atoms with Gasteiger partial charge in [-0.3, -0.25) is 0 Å². The van der Waals surface area contributed by atoms with Gasteiger partial charge in [-0.1, -0.05) is 18.2 Å². The highest BCUT2D eigenvalue weighted by Crippen LogP contribution is 2.18. The summed E-state index contributed by atoms with van der Waals surface area (Å²) in [5.41, 5.74) is 6.90. The lowest BCUT2D eigenvalue weighted by atomic mass is 10.1. The SMILES string of the molecule is NC1CCN(c2ncc3ccccc3n2)CC1. The summed E-state index contributed by atoms with van der Waals surface area (Å²) in [6.07, 6.45) is 3.94. The molecule has 1 aromatic carbocycles. The third-order valence-corrected chi connectivity index (χ3v) is 3.30. The van der Waals surface area contributed by atoms with Crippen LogP contribution in [0.1, 0.15) is 12.8 Å². The highest BCUT2D eigenvalue weighted by molar-refractivity contribution is 5.78. The molecule has 2 N–H and O–H groups in total. The summed E-state index contributed by atoms with van der Waals surface area (Å²) in [5.74, 6) is 0.829. The number of hydrogen-bond donors (Lipinski definition) is 1. The van der Waals surface area contributed by atoms with Gasteiger partial charge in [-0.15, -0.1) is 0 Å². The summed E-state index contributed by atoms with van der Waals surface area (Å²) in [6.45, 7) is 1.92. The van der Waals surface area contributed by atoms with E-state index in [0.29, 0.717) is 6.04 Å². The summed E-state index contributed by atoms with van der Waals surface area (Å²) in [7, 11) is 0. The van der Waals surface area contributed by atoms with Gasteiger partial charge < -0.3 is 10.6 Å². The number of fused-ring (bicyclic) bond motifs is 1. The zero-order valence-corrected chi connectivity index (χ0v) is 9.71. The van der Waals surface area contributed by atoms with Gasteiger partial charge in [-0.25, -0.2) is 9.97 Å². The van der Waals surface area contributed by atoms with Gasteiger partial charge in [-0.05, 0) is 18.9 Å². The number of para-hydroxylation sites is 1. The zero-order valence-electron chi connectivity index (χ0n) is 9.71. The Bertz CT molecular complexity index is 518. The normalized spacial score (nSPS) is 17.6. The first-order valence-electron chi connectivity index (χ1n) is 6.05. The zero-order chi connectivity index (χ0) is 11.7. The molecule has 3 rings (SSSR count). The van der Waals surface area contributed by atoms with Crippen molar-refractivity contribution >= 4 is 16.9 Å². The average molecular weight is 228 g/mol. The number of hydrogen-bond acceptors (Lipinski definition) is 4. The Hall–Kier alpha value is -1.68. The van der Waals surface area contributed by atoms with Crippen LogP contribution in [0.3, 0.4) is 0 Å². The molecular weight excluding hydrogens is 212 g/mol. The molecule has 0 unspecified atom stereocenters. The van der Waals surface area contributed by atoms with Crippen LogP contribution in [0.4, 0.5) is 5.95 Å². The van der Waals surface area contributed by atoms with Crippen LogP contribution in [0.25, 0.3) is 10.9 Å². The summed E-state index contributed by atoms with van der Waals surface area (Å²) in [6, 6.07) is 8.41. The Balaban J connectivity index is 1.90. The van der Waals surface area contributed by atoms with Gasteiger partial charge >= 0.3 is 0 Å². The molecule has 4 nitrogen and oxygen atoms in total. The molecule has 4 heteroatoms. The van der Waals surface area contributed by atoms with Gasteiger partial charge in [0.1, 0.15) is 0 Å².